The summed E-state index contributed by atoms with van der Waals surface area (Å²) in [6.45, 7) is 3.32. The fourth-order valence-corrected chi connectivity index (χ4v) is 2.47. The Labute approximate surface area is 114 Å². The third kappa shape index (κ3) is 3.10. The largest absolute Gasteiger partial charge is 0.497 e. The monoisotopic (exact) mass is 261 g/mol. The van der Waals surface area contributed by atoms with E-state index in [9.17, 15) is 0 Å². The third-order valence-electron chi connectivity index (χ3n) is 3.53. The average molecular weight is 261 g/mol. The molecular weight excluding hydrogens is 238 g/mol. The van der Waals surface area contributed by atoms with Crippen molar-refractivity contribution >= 4 is 10.9 Å². The summed E-state index contributed by atoms with van der Waals surface area (Å²) < 4.78 is 7.57. The lowest BCUT2D eigenvalue weighted by Crippen LogP contribution is -1.98. The lowest BCUT2D eigenvalue weighted by Gasteiger charge is -2.04. The van der Waals surface area contributed by atoms with Gasteiger partial charge in [0.15, 0.2) is 0 Å². The lowest BCUT2D eigenvalue weighted by atomic mass is 10.1. The van der Waals surface area contributed by atoms with Gasteiger partial charge in [0.1, 0.15) is 5.75 Å². The van der Waals surface area contributed by atoms with Gasteiger partial charge in [0.05, 0.1) is 7.11 Å². The van der Waals surface area contributed by atoms with Gasteiger partial charge in [0.25, 0.3) is 0 Å². The van der Waals surface area contributed by atoms with Crippen molar-refractivity contribution < 1.29 is 9.84 Å². The Morgan fingerprint density at radius 3 is 2.79 bits per heavy atom. The fraction of sp³-hybridized carbons (Fsp3) is 0.500. The number of unbranched alkanes of at least 4 members (excludes halogenated alkanes) is 1. The molecular formula is C16H23NO2. The normalized spacial score (nSPS) is 11.1. The maximum atomic E-state index is 9.00. The molecule has 1 heterocycles. The van der Waals surface area contributed by atoms with Crippen LogP contribution in [0.4, 0.5) is 0 Å². The number of ether oxygens (including phenoxy) is 1. The van der Waals surface area contributed by atoms with E-state index >= 15 is 0 Å². The minimum Gasteiger partial charge on any atom is -0.497 e. The Bertz CT molecular complexity index is 531. The van der Waals surface area contributed by atoms with E-state index in [-0.39, 0.29) is 6.61 Å². The van der Waals surface area contributed by atoms with Gasteiger partial charge in [-0.1, -0.05) is 13.3 Å². The second-order valence-electron chi connectivity index (χ2n) is 4.91. The van der Waals surface area contributed by atoms with Crippen molar-refractivity contribution in [3.63, 3.8) is 0 Å². The summed E-state index contributed by atoms with van der Waals surface area (Å²) in [5.41, 5.74) is 2.62. The Hall–Kier alpha value is -1.48. The van der Waals surface area contributed by atoms with Gasteiger partial charge in [-0.25, -0.2) is 0 Å². The van der Waals surface area contributed by atoms with Crippen molar-refractivity contribution in [2.45, 2.75) is 39.2 Å². The van der Waals surface area contributed by atoms with Gasteiger partial charge in [-0.15, -0.1) is 0 Å². The zero-order valence-corrected chi connectivity index (χ0v) is 11.9. The summed E-state index contributed by atoms with van der Waals surface area (Å²) in [7, 11) is 1.70. The van der Waals surface area contributed by atoms with E-state index < -0.39 is 0 Å². The predicted octanol–water partition coefficient (Wildman–Crippen LogP) is 3.37. The predicted molar refractivity (Wildman–Crippen MR) is 78.8 cm³/mol. The molecule has 0 aliphatic rings. The molecule has 0 atom stereocenters. The van der Waals surface area contributed by atoms with Crippen molar-refractivity contribution in [3.8, 4) is 5.75 Å². The van der Waals surface area contributed by atoms with E-state index in [1.165, 1.54) is 29.3 Å². The molecule has 2 aromatic rings. The molecule has 3 heteroatoms. The molecule has 0 amide bonds. The Morgan fingerprint density at radius 1 is 1.26 bits per heavy atom. The third-order valence-corrected chi connectivity index (χ3v) is 3.53. The van der Waals surface area contributed by atoms with E-state index in [0.717, 1.165) is 25.1 Å². The van der Waals surface area contributed by atoms with E-state index in [0.29, 0.717) is 0 Å². The molecule has 0 fully saturated rings. The first-order chi connectivity index (χ1) is 9.30. The Balaban J connectivity index is 2.40. The second kappa shape index (κ2) is 6.62. The van der Waals surface area contributed by atoms with Gasteiger partial charge in [-0.05, 0) is 43.0 Å². The van der Waals surface area contributed by atoms with Gasteiger partial charge in [0, 0.05) is 30.3 Å². The molecule has 0 aliphatic carbocycles. The number of hydrogen-bond donors (Lipinski definition) is 1. The highest BCUT2D eigenvalue weighted by atomic mass is 16.5. The van der Waals surface area contributed by atoms with E-state index in [4.69, 9.17) is 9.84 Å². The van der Waals surface area contributed by atoms with Gasteiger partial charge >= 0.3 is 0 Å². The van der Waals surface area contributed by atoms with Crippen LogP contribution >= 0.6 is 0 Å². The van der Waals surface area contributed by atoms with Crippen LogP contribution in [0, 0.1) is 0 Å². The zero-order chi connectivity index (χ0) is 13.7. The Kier molecular flexibility index (Phi) is 4.86. The minimum absolute atomic E-state index is 0.236. The van der Waals surface area contributed by atoms with Gasteiger partial charge < -0.3 is 14.4 Å². The maximum Gasteiger partial charge on any atom is 0.119 e. The summed E-state index contributed by atoms with van der Waals surface area (Å²) in [6.07, 6.45) is 6.54. The van der Waals surface area contributed by atoms with Gasteiger partial charge in [-0.2, -0.15) is 0 Å². The zero-order valence-electron chi connectivity index (χ0n) is 11.9. The van der Waals surface area contributed by atoms with Crippen molar-refractivity contribution in [1.29, 1.82) is 0 Å². The van der Waals surface area contributed by atoms with E-state index in [2.05, 4.69) is 29.8 Å². The topological polar surface area (TPSA) is 34.4 Å². The highest BCUT2D eigenvalue weighted by molar-refractivity contribution is 5.85. The lowest BCUT2D eigenvalue weighted by molar-refractivity contribution is 0.280. The van der Waals surface area contributed by atoms with E-state index in [1.54, 1.807) is 7.11 Å². The number of aryl methyl sites for hydroxylation is 2. The number of rotatable bonds is 7. The molecule has 1 N–H and O–H groups in total. The molecule has 0 spiro atoms. The van der Waals surface area contributed by atoms with E-state index in [1.807, 2.05) is 6.07 Å². The van der Waals surface area contributed by atoms with Crippen LogP contribution in [-0.2, 0) is 13.0 Å². The summed E-state index contributed by atoms with van der Waals surface area (Å²) in [6, 6.07) is 6.23. The summed E-state index contributed by atoms with van der Waals surface area (Å²) >= 11 is 0. The van der Waals surface area contributed by atoms with Crippen molar-refractivity contribution in [3.05, 3.63) is 30.0 Å². The molecule has 0 saturated carbocycles. The smallest absolute Gasteiger partial charge is 0.119 e. The number of hydrogen-bond acceptors (Lipinski definition) is 2. The molecule has 0 radical (unpaired) electrons. The van der Waals surface area contributed by atoms with Crippen LogP contribution < -0.4 is 4.74 Å². The molecule has 3 nitrogen and oxygen atoms in total. The standard InChI is InChI=1S/C16H23NO2/c1-3-4-6-13-12-17(9-5-10-18)16-8-7-14(19-2)11-15(13)16/h7-8,11-12,18H,3-6,9-10H2,1-2H3. The number of methoxy groups -OCH3 is 1. The summed E-state index contributed by atoms with van der Waals surface area (Å²) in [4.78, 5) is 0. The average Bonchev–Trinajstić information content (AvgIpc) is 2.80. The molecule has 0 bridgehead atoms. The molecule has 2 rings (SSSR count). The number of aliphatic hydroxyl groups excluding tert-OH is 1. The number of nitrogens with zero attached hydrogens (tertiary/aromatic N) is 1. The molecule has 0 unspecified atom stereocenters. The van der Waals surface area contributed by atoms with Crippen LogP contribution in [-0.4, -0.2) is 23.4 Å². The van der Waals surface area contributed by atoms with Gasteiger partial charge in [-0.3, -0.25) is 0 Å². The number of aromatic nitrogens is 1. The molecule has 0 aliphatic heterocycles. The second-order valence-corrected chi connectivity index (χ2v) is 4.91. The van der Waals surface area contributed by atoms with Crippen LogP contribution in [0.15, 0.2) is 24.4 Å². The van der Waals surface area contributed by atoms with Crippen LogP contribution in [0.25, 0.3) is 10.9 Å². The molecule has 1 aromatic heterocycles. The van der Waals surface area contributed by atoms with Crippen molar-refractivity contribution in [2.75, 3.05) is 13.7 Å². The summed E-state index contributed by atoms with van der Waals surface area (Å²) in [5.74, 6) is 0.908. The molecule has 0 saturated heterocycles. The van der Waals surface area contributed by atoms with Crippen LogP contribution in [0.1, 0.15) is 31.7 Å². The summed E-state index contributed by atoms with van der Waals surface area (Å²) in [5, 5.41) is 10.3. The van der Waals surface area contributed by atoms with Crippen LogP contribution in [0.3, 0.4) is 0 Å². The first kappa shape index (κ1) is 13.9. The quantitative estimate of drug-likeness (QED) is 0.829. The molecule has 104 valence electrons. The van der Waals surface area contributed by atoms with Crippen molar-refractivity contribution in [1.82, 2.24) is 4.57 Å². The first-order valence-electron chi connectivity index (χ1n) is 7.06. The maximum absolute atomic E-state index is 9.00. The molecule has 19 heavy (non-hydrogen) atoms. The highest BCUT2D eigenvalue weighted by Gasteiger charge is 2.09. The highest BCUT2D eigenvalue weighted by Crippen LogP contribution is 2.27. The molecule has 1 aromatic carbocycles. The number of aliphatic hydroxyl groups is 1. The number of benzene rings is 1. The van der Waals surface area contributed by atoms with Crippen molar-refractivity contribution in [2.24, 2.45) is 0 Å². The SMILES string of the molecule is CCCCc1cn(CCCO)c2ccc(OC)cc12. The van der Waals surface area contributed by atoms with Crippen LogP contribution in [0.5, 0.6) is 5.75 Å². The Morgan fingerprint density at radius 2 is 2.11 bits per heavy atom. The first-order valence-corrected chi connectivity index (χ1v) is 7.06. The van der Waals surface area contributed by atoms with Crippen LogP contribution in [0.2, 0.25) is 0 Å². The number of fused-ring (bicyclic) bond motifs is 1. The fourth-order valence-electron chi connectivity index (χ4n) is 2.47. The minimum atomic E-state index is 0.236. The van der Waals surface area contributed by atoms with Gasteiger partial charge in [0.2, 0.25) is 0 Å².